The van der Waals surface area contributed by atoms with Crippen LogP contribution in [0.5, 0.6) is 0 Å². The molecule has 4 N–H and O–H groups in total. The van der Waals surface area contributed by atoms with Crippen LogP contribution in [-0.4, -0.2) is 47.8 Å². The molecule has 1 unspecified atom stereocenters. The van der Waals surface area contributed by atoms with Crippen molar-refractivity contribution in [1.29, 1.82) is 0 Å². The summed E-state index contributed by atoms with van der Waals surface area (Å²) in [5.74, 6) is 6.80. The number of hydrogen-bond donors (Lipinski definition) is 3. The Labute approximate surface area is 113 Å². The van der Waals surface area contributed by atoms with Crippen LogP contribution >= 0.6 is 0 Å². The van der Waals surface area contributed by atoms with Gasteiger partial charge >= 0.3 is 0 Å². The fraction of sp³-hybridized carbons (Fsp3) is 0.727. The standard InChI is InChI=1S/C11H23N7O/c1-5-18(6-2)11-15-9(13-8(3)7-19-4)14-10(16-11)17-12/h8H,5-7,12H2,1-4H3,(H2,13,14,15,16,17). The van der Waals surface area contributed by atoms with Crippen LogP contribution in [0.15, 0.2) is 0 Å². The first-order chi connectivity index (χ1) is 9.14. The van der Waals surface area contributed by atoms with E-state index in [1.54, 1.807) is 7.11 Å². The molecular weight excluding hydrogens is 246 g/mol. The van der Waals surface area contributed by atoms with Crippen LogP contribution in [0.2, 0.25) is 0 Å². The summed E-state index contributed by atoms with van der Waals surface area (Å²) >= 11 is 0. The zero-order chi connectivity index (χ0) is 14.3. The molecular formula is C11H23N7O. The molecule has 0 aromatic carbocycles. The summed E-state index contributed by atoms with van der Waals surface area (Å²) in [5, 5.41) is 3.15. The van der Waals surface area contributed by atoms with Crippen LogP contribution in [0.3, 0.4) is 0 Å². The van der Waals surface area contributed by atoms with E-state index in [1.165, 1.54) is 0 Å². The topological polar surface area (TPSA) is 101 Å². The van der Waals surface area contributed by atoms with E-state index in [2.05, 4.69) is 25.7 Å². The van der Waals surface area contributed by atoms with Gasteiger partial charge in [0.1, 0.15) is 0 Å². The van der Waals surface area contributed by atoms with Crippen molar-refractivity contribution in [2.75, 3.05) is 42.4 Å². The van der Waals surface area contributed by atoms with Gasteiger partial charge in [0.05, 0.1) is 6.61 Å². The number of methoxy groups -OCH3 is 1. The van der Waals surface area contributed by atoms with Crippen molar-refractivity contribution in [2.45, 2.75) is 26.8 Å². The van der Waals surface area contributed by atoms with E-state index in [1.807, 2.05) is 25.7 Å². The molecule has 8 nitrogen and oxygen atoms in total. The molecule has 1 heterocycles. The molecule has 1 aromatic heterocycles. The molecule has 1 atom stereocenters. The van der Waals surface area contributed by atoms with Gasteiger partial charge in [0.15, 0.2) is 0 Å². The quantitative estimate of drug-likeness (QED) is 0.462. The Kier molecular flexibility index (Phi) is 6.23. The van der Waals surface area contributed by atoms with Crippen molar-refractivity contribution >= 4 is 17.8 Å². The van der Waals surface area contributed by atoms with Gasteiger partial charge in [0.2, 0.25) is 17.8 Å². The number of anilines is 3. The third-order valence-electron chi connectivity index (χ3n) is 2.59. The molecule has 1 aromatic rings. The summed E-state index contributed by atoms with van der Waals surface area (Å²) in [5.41, 5.74) is 2.46. The Morgan fingerprint density at radius 3 is 2.37 bits per heavy atom. The van der Waals surface area contributed by atoms with Gasteiger partial charge < -0.3 is 15.0 Å². The van der Waals surface area contributed by atoms with E-state index in [0.29, 0.717) is 24.5 Å². The number of aromatic nitrogens is 3. The predicted molar refractivity (Wildman–Crippen MR) is 76.2 cm³/mol. The highest BCUT2D eigenvalue weighted by Crippen LogP contribution is 2.13. The van der Waals surface area contributed by atoms with Crippen molar-refractivity contribution in [3.8, 4) is 0 Å². The smallest absolute Gasteiger partial charge is 0.243 e. The van der Waals surface area contributed by atoms with Crippen LogP contribution in [0.1, 0.15) is 20.8 Å². The second kappa shape index (κ2) is 7.70. The number of rotatable bonds is 8. The van der Waals surface area contributed by atoms with Gasteiger partial charge in [0, 0.05) is 26.2 Å². The van der Waals surface area contributed by atoms with Crippen molar-refractivity contribution < 1.29 is 4.74 Å². The Hall–Kier alpha value is -1.67. The van der Waals surface area contributed by atoms with Gasteiger partial charge in [-0.1, -0.05) is 0 Å². The predicted octanol–water partition coefficient (Wildman–Crippen LogP) is 0.450. The minimum absolute atomic E-state index is 0.0996. The van der Waals surface area contributed by atoms with Crippen LogP contribution in [-0.2, 0) is 4.74 Å². The van der Waals surface area contributed by atoms with Crippen LogP contribution < -0.4 is 21.5 Å². The molecule has 0 saturated carbocycles. The maximum atomic E-state index is 5.39. The fourth-order valence-electron chi connectivity index (χ4n) is 1.65. The molecule has 1 rings (SSSR count). The summed E-state index contributed by atoms with van der Waals surface area (Å²) < 4.78 is 5.07. The van der Waals surface area contributed by atoms with E-state index in [9.17, 15) is 0 Å². The minimum Gasteiger partial charge on any atom is -0.383 e. The van der Waals surface area contributed by atoms with Crippen LogP contribution in [0, 0.1) is 0 Å². The monoisotopic (exact) mass is 269 g/mol. The number of nitrogens with one attached hydrogen (secondary N) is 2. The lowest BCUT2D eigenvalue weighted by molar-refractivity contribution is 0.190. The van der Waals surface area contributed by atoms with Gasteiger partial charge in [-0.15, -0.1) is 0 Å². The molecule has 0 fully saturated rings. The summed E-state index contributed by atoms with van der Waals surface area (Å²) in [6.45, 7) is 8.28. The SMILES string of the molecule is CCN(CC)c1nc(NN)nc(NC(C)COC)n1. The average Bonchev–Trinajstić information content (AvgIpc) is 2.40. The highest BCUT2D eigenvalue weighted by molar-refractivity contribution is 5.43. The summed E-state index contributed by atoms with van der Waals surface area (Å²) in [6.07, 6.45) is 0. The number of ether oxygens (including phenoxy) is 1. The van der Waals surface area contributed by atoms with Crippen LogP contribution in [0.25, 0.3) is 0 Å². The average molecular weight is 269 g/mol. The third-order valence-corrected chi connectivity index (χ3v) is 2.59. The number of nitrogens with zero attached hydrogens (tertiary/aromatic N) is 4. The second-order valence-electron chi connectivity index (χ2n) is 4.10. The van der Waals surface area contributed by atoms with Crippen molar-refractivity contribution in [3.63, 3.8) is 0 Å². The summed E-state index contributed by atoms with van der Waals surface area (Å²) in [7, 11) is 1.65. The van der Waals surface area contributed by atoms with Gasteiger partial charge in [0.25, 0.3) is 0 Å². The molecule has 0 amide bonds. The molecule has 0 radical (unpaired) electrons. The van der Waals surface area contributed by atoms with Gasteiger partial charge in [-0.3, -0.25) is 5.43 Å². The Bertz CT molecular complexity index is 383. The molecule has 108 valence electrons. The molecule has 0 bridgehead atoms. The summed E-state index contributed by atoms with van der Waals surface area (Å²) in [6, 6.07) is 0.0996. The zero-order valence-corrected chi connectivity index (χ0v) is 12.0. The molecule has 0 aliphatic rings. The first-order valence-electron chi connectivity index (χ1n) is 6.37. The van der Waals surface area contributed by atoms with Gasteiger partial charge in [-0.2, -0.15) is 15.0 Å². The fourth-order valence-corrected chi connectivity index (χ4v) is 1.65. The van der Waals surface area contributed by atoms with E-state index in [0.717, 1.165) is 13.1 Å². The van der Waals surface area contributed by atoms with E-state index in [-0.39, 0.29) is 6.04 Å². The molecule has 0 aliphatic heterocycles. The van der Waals surface area contributed by atoms with Crippen molar-refractivity contribution in [2.24, 2.45) is 5.84 Å². The number of hydrazine groups is 1. The highest BCUT2D eigenvalue weighted by atomic mass is 16.5. The third kappa shape index (κ3) is 4.49. The lowest BCUT2D eigenvalue weighted by atomic mass is 10.4. The van der Waals surface area contributed by atoms with Crippen molar-refractivity contribution in [1.82, 2.24) is 15.0 Å². The lowest BCUT2D eigenvalue weighted by Gasteiger charge is -2.20. The summed E-state index contributed by atoms with van der Waals surface area (Å²) in [4.78, 5) is 14.8. The second-order valence-corrected chi connectivity index (χ2v) is 4.10. The first kappa shape index (κ1) is 15.4. The maximum Gasteiger partial charge on any atom is 0.243 e. The lowest BCUT2D eigenvalue weighted by Crippen LogP contribution is -2.28. The molecule has 8 heteroatoms. The van der Waals surface area contributed by atoms with Gasteiger partial charge in [-0.05, 0) is 20.8 Å². The van der Waals surface area contributed by atoms with Gasteiger partial charge in [-0.25, -0.2) is 5.84 Å². The number of nitrogens with two attached hydrogens (primary N) is 1. The van der Waals surface area contributed by atoms with Crippen LogP contribution in [0.4, 0.5) is 17.8 Å². The normalized spacial score (nSPS) is 12.1. The van der Waals surface area contributed by atoms with E-state index >= 15 is 0 Å². The minimum atomic E-state index is 0.0996. The largest absolute Gasteiger partial charge is 0.383 e. The Morgan fingerprint density at radius 2 is 1.84 bits per heavy atom. The maximum absolute atomic E-state index is 5.39. The zero-order valence-electron chi connectivity index (χ0n) is 12.0. The van der Waals surface area contributed by atoms with E-state index < -0.39 is 0 Å². The molecule has 19 heavy (non-hydrogen) atoms. The van der Waals surface area contributed by atoms with E-state index in [4.69, 9.17) is 10.6 Å². The first-order valence-corrected chi connectivity index (χ1v) is 6.37. The molecule has 0 saturated heterocycles. The Balaban J connectivity index is 2.94. The number of nitrogen functional groups attached to an aromatic ring is 1. The molecule has 0 aliphatic carbocycles. The highest BCUT2D eigenvalue weighted by Gasteiger charge is 2.12. The van der Waals surface area contributed by atoms with Crippen molar-refractivity contribution in [3.05, 3.63) is 0 Å². The Morgan fingerprint density at radius 1 is 1.21 bits per heavy atom. The number of hydrogen-bond acceptors (Lipinski definition) is 8. The molecule has 0 spiro atoms.